The van der Waals surface area contributed by atoms with E-state index in [2.05, 4.69) is 56.4 Å². The van der Waals surface area contributed by atoms with Crippen LogP contribution in [0.2, 0.25) is 0 Å². The number of carbonyl (C=O) groups is 1. The average Bonchev–Trinajstić information content (AvgIpc) is 2.86. The summed E-state index contributed by atoms with van der Waals surface area (Å²) < 4.78 is 12.6. The molecule has 0 radical (unpaired) electrons. The average molecular weight is 556 g/mol. The largest absolute Gasteiger partial charge is 0.485 e. The zero-order chi connectivity index (χ0) is 27.4. The first kappa shape index (κ1) is 28.8. The molecule has 0 aromatic rings. The van der Waals surface area contributed by atoms with Crippen molar-refractivity contribution < 1.29 is 14.3 Å². The van der Waals surface area contributed by atoms with Crippen LogP contribution >= 0.6 is 23.2 Å². The fourth-order valence-corrected chi connectivity index (χ4v) is 6.06. The van der Waals surface area contributed by atoms with Crippen LogP contribution in [0.5, 0.6) is 0 Å². The first-order valence-electron chi connectivity index (χ1n) is 13.8. The molecule has 0 saturated heterocycles. The third-order valence-corrected chi connectivity index (χ3v) is 8.02. The number of hydrogen-bond donors (Lipinski definition) is 0. The van der Waals surface area contributed by atoms with Gasteiger partial charge in [0.05, 0.1) is 5.92 Å². The Kier molecular flexibility index (Phi) is 9.31. The number of carbonyl (C=O) groups excluding carboxylic acids is 1. The molecule has 204 valence electrons. The van der Waals surface area contributed by atoms with Crippen LogP contribution in [0.25, 0.3) is 0 Å². The second-order valence-corrected chi connectivity index (χ2v) is 12.6. The molecule has 4 unspecified atom stereocenters. The van der Waals surface area contributed by atoms with E-state index < -0.39 is 5.60 Å². The maximum atomic E-state index is 12.7. The molecular weight excluding hydrogens is 515 g/mol. The number of rotatable bonds is 8. The fraction of sp³-hybridized carbons (Fsp3) is 0.485. The summed E-state index contributed by atoms with van der Waals surface area (Å²) in [5.41, 5.74) is 4.38. The highest BCUT2D eigenvalue weighted by atomic mass is 35.5. The van der Waals surface area contributed by atoms with Gasteiger partial charge in [-0.2, -0.15) is 0 Å². The van der Waals surface area contributed by atoms with E-state index >= 15 is 0 Å². The lowest BCUT2D eigenvalue weighted by Crippen LogP contribution is -2.31. The van der Waals surface area contributed by atoms with Gasteiger partial charge in [-0.25, -0.2) is 0 Å². The Balaban J connectivity index is 1.66. The minimum atomic E-state index is -0.495. The summed E-state index contributed by atoms with van der Waals surface area (Å²) in [4.78, 5) is 12.7. The lowest BCUT2D eigenvalue weighted by Gasteiger charge is -2.35. The summed E-state index contributed by atoms with van der Waals surface area (Å²) in [6.45, 7) is 10.1. The van der Waals surface area contributed by atoms with Gasteiger partial charge >= 0.3 is 5.97 Å². The Morgan fingerprint density at radius 1 is 1.11 bits per heavy atom. The quantitative estimate of drug-likeness (QED) is 0.280. The summed E-state index contributed by atoms with van der Waals surface area (Å²) >= 11 is 12.8. The minimum Gasteiger partial charge on any atom is -0.485 e. The molecule has 4 rings (SSSR count). The van der Waals surface area contributed by atoms with Crippen LogP contribution < -0.4 is 0 Å². The standard InChI is InChI=1S/C33H40Cl2O3/c1-6-8-28(22-11-13-24(14-12-22)32(36)38-33(3,4)5)31(23-15-17-25(34)18-16-23)37-30-10-7-9-27-21(2)19-26(35)20-29(27)30/h7,10-13,15,17,19-20,24,27-28,31H,6,8-9,14,16,18H2,1-5H3. The van der Waals surface area contributed by atoms with Crippen molar-refractivity contribution in [3.8, 4) is 0 Å². The molecule has 5 heteroatoms. The Morgan fingerprint density at radius 3 is 2.53 bits per heavy atom. The number of halogens is 2. The van der Waals surface area contributed by atoms with Crippen LogP contribution in [0.1, 0.15) is 73.1 Å². The second kappa shape index (κ2) is 12.3. The zero-order valence-electron chi connectivity index (χ0n) is 23.2. The maximum absolute atomic E-state index is 12.7. The fourth-order valence-electron chi connectivity index (χ4n) is 5.61. The van der Waals surface area contributed by atoms with E-state index in [1.165, 1.54) is 16.7 Å². The predicted octanol–water partition coefficient (Wildman–Crippen LogP) is 9.39. The van der Waals surface area contributed by atoms with Crippen LogP contribution in [-0.2, 0) is 14.3 Å². The summed E-state index contributed by atoms with van der Waals surface area (Å²) in [6, 6.07) is 0. The number of ether oxygens (including phenoxy) is 2. The van der Waals surface area contributed by atoms with E-state index in [9.17, 15) is 4.79 Å². The highest BCUT2D eigenvalue weighted by Crippen LogP contribution is 2.42. The predicted molar refractivity (Wildman–Crippen MR) is 158 cm³/mol. The zero-order valence-corrected chi connectivity index (χ0v) is 24.7. The monoisotopic (exact) mass is 554 g/mol. The smallest absolute Gasteiger partial charge is 0.313 e. The van der Waals surface area contributed by atoms with E-state index in [0.29, 0.717) is 12.3 Å². The molecule has 3 nitrogen and oxygen atoms in total. The molecule has 0 N–H and O–H groups in total. The number of fused-ring (bicyclic) bond motifs is 1. The third-order valence-electron chi connectivity index (χ3n) is 7.49. The van der Waals surface area contributed by atoms with E-state index in [1.807, 2.05) is 32.9 Å². The molecule has 0 aromatic carbocycles. The molecule has 0 aromatic heterocycles. The van der Waals surface area contributed by atoms with E-state index in [1.54, 1.807) is 0 Å². The van der Waals surface area contributed by atoms with Crippen molar-refractivity contribution in [2.24, 2.45) is 17.8 Å². The van der Waals surface area contributed by atoms with Gasteiger partial charge < -0.3 is 9.47 Å². The van der Waals surface area contributed by atoms with Crippen molar-refractivity contribution in [1.29, 1.82) is 0 Å². The van der Waals surface area contributed by atoms with E-state index in [4.69, 9.17) is 32.7 Å². The molecule has 0 bridgehead atoms. The van der Waals surface area contributed by atoms with Gasteiger partial charge in [0.25, 0.3) is 0 Å². The number of esters is 1. The molecule has 0 spiro atoms. The highest BCUT2D eigenvalue weighted by molar-refractivity contribution is 6.31. The van der Waals surface area contributed by atoms with Crippen LogP contribution in [-0.4, -0.2) is 17.7 Å². The summed E-state index contributed by atoms with van der Waals surface area (Å²) in [5.74, 6) is 0.904. The highest BCUT2D eigenvalue weighted by Gasteiger charge is 2.34. The molecule has 4 atom stereocenters. The van der Waals surface area contributed by atoms with Crippen molar-refractivity contribution >= 4 is 29.2 Å². The minimum absolute atomic E-state index is 0.144. The molecule has 0 fully saturated rings. The molecule has 0 amide bonds. The Morgan fingerprint density at radius 2 is 1.89 bits per heavy atom. The lowest BCUT2D eigenvalue weighted by molar-refractivity contribution is -0.158. The molecule has 38 heavy (non-hydrogen) atoms. The van der Waals surface area contributed by atoms with Gasteiger partial charge in [-0.1, -0.05) is 72.5 Å². The van der Waals surface area contributed by atoms with E-state index in [0.717, 1.165) is 53.5 Å². The molecule has 4 aliphatic carbocycles. The van der Waals surface area contributed by atoms with Gasteiger partial charge in [-0.05, 0) is 95.2 Å². The lowest BCUT2D eigenvalue weighted by atomic mass is 9.79. The first-order valence-corrected chi connectivity index (χ1v) is 14.6. The van der Waals surface area contributed by atoms with E-state index in [-0.39, 0.29) is 23.9 Å². The maximum Gasteiger partial charge on any atom is 0.313 e. The van der Waals surface area contributed by atoms with Crippen LogP contribution in [0.15, 0.2) is 92.8 Å². The Hall–Kier alpha value is -2.23. The molecular formula is C33H40Cl2O3. The first-order chi connectivity index (χ1) is 18.1. The topological polar surface area (TPSA) is 35.5 Å². The SMILES string of the molecule is CCCC(C1=CCC(C(=O)OC(C)(C)C)C=C1)C(OC1=C2C=C(Cl)C=C(C)C2CC=C1)C1=CC=C(Cl)CC1. The van der Waals surface area contributed by atoms with Crippen molar-refractivity contribution in [1.82, 2.24) is 0 Å². The van der Waals surface area contributed by atoms with Crippen molar-refractivity contribution in [2.45, 2.75) is 84.8 Å². The summed E-state index contributed by atoms with van der Waals surface area (Å²) in [6.07, 6.45) is 24.0. The van der Waals surface area contributed by atoms with Crippen molar-refractivity contribution in [3.05, 3.63) is 92.8 Å². The van der Waals surface area contributed by atoms with Gasteiger partial charge in [-0.15, -0.1) is 0 Å². The number of allylic oxidation sites excluding steroid dienone is 12. The van der Waals surface area contributed by atoms with Crippen molar-refractivity contribution in [2.75, 3.05) is 0 Å². The third kappa shape index (κ3) is 7.04. The normalized spacial score (nSPS) is 24.9. The van der Waals surface area contributed by atoms with Crippen LogP contribution in [0, 0.1) is 17.8 Å². The number of hydrogen-bond acceptors (Lipinski definition) is 3. The summed E-state index contributed by atoms with van der Waals surface area (Å²) in [7, 11) is 0. The van der Waals surface area contributed by atoms with Gasteiger partial charge in [0, 0.05) is 27.5 Å². The molecule has 0 heterocycles. The second-order valence-electron chi connectivity index (χ2n) is 11.7. The van der Waals surface area contributed by atoms with Gasteiger partial charge in [0.1, 0.15) is 17.5 Å². The Bertz CT molecular complexity index is 1180. The molecule has 0 saturated carbocycles. The van der Waals surface area contributed by atoms with Crippen LogP contribution in [0.4, 0.5) is 0 Å². The van der Waals surface area contributed by atoms with Crippen LogP contribution in [0.3, 0.4) is 0 Å². The Labute approximate surface area is 238 Å². The van der Waals surface area contributed by atoms with Gasteiger partial charge in [0.15, 0.2) is 0 Å². The molecule has 4 aliphatic rings. The molecule has 0 aliphatic heterocycles. The van der Waals surface area contributed by atoms with Gasteiger partial charge in [-0.3, -0.25) is 4.79 Å². The van der Waals surface area contributed by atoms with Gasteiger partial charge in [0.2, 0.25) is 0 Å². The summed E-state index contributed by atoms with van der Waals surface area (Å²) in [5, 5.41) is 1.61. The van der Waals surface area contributed by atoms with Crippen molar-refractivity contribution in [3.63, 3.8) is 0 Å².